The van der Waals surface area contributed by atoms with E-state index in [0.717, 1.165) is 31.6 Å². The highest BCUT2D eigenvalue weighted by Gasteiger charge is 2.59. The minimum absolute atomic E-state index is 0.165. The number of nitrogens with zero attached hydrogens (tertiary/aromatic N) is 1. The van der Waals surface area contributed by atoms with Crippen molar-refractivity contribution >= 4 is 17.4 Å². The van der Waals surface area contributed by atoms with Crippen LogP contribution in [0, 0.1) is 23.7 Å². The Hall–Kier alpha value is -0.280. The van der Waals surface area contributed by atoms with Crippen LogP contribution in [0.25, 0.3) is 0 Å². The van der Waals surface area contributed by atoms with Crippen LogP contribution in [-0.4, -0.2) is 28.0 Å². The van der Waals surface area contributed by atoms with Crippen molar-refractivity contribution in [2.24, 2.45) is 34.4 Å². The smallest absolute Gasteiger partial charge is 0.129 e. The van der Waals surface area contributed by atoms with Crippen molar-refractivity contribution in [2.75, 3.05) is 0 Å². The van der Waals surface area contributed by atoms with E-state index in [1.54, 1.807) is 0 Å². The summed E-state index contributed by atoms with van der Waals surface area (Å²) in [6.07, 6.45) is 10.5. The molecule has 0 amide bonds. The third-order valence-electron chi connectivity index (χ3n) is 6.64. The van der Waals surface area contributed by atoms with Gasteiger partial charge in [0, 0.05) is 11.3 Å². The number of halogens is 1. The predicted molar refractivity (Wildman–Crippen MR) is 85.5 cm³/mol. The van der Waals surface area contributed by atoms with Crippen molar-refractivity contribution in [3.63, 3.8) is 0 Å². The summed E-state index contributed by atoms with van der Waals surface area (Å²) in [6, 6.07) is 0.215. The molecule has 4 aliphatic rings. The first-order chi connectivity index (χ1) is 10.1. The van der Waals surface area contributed by atoms with Gasteiger partial charge in [-0.1, -0.05) is 12.8 Å². The van der Waals surface area contributed by atoms with Crippen LogP contribution >= 0.6 is 11.6 Å². The van der Waals surface area contributed by atoms with Crippen molar-refractivity contribution < 1.29 is 5.11 Å². The van der Waals surface area contributed by atoms with E-state index in [1.165, 1.54) is 32.1 Å². The zero-order valence-corrected chi connectivity index (χ0v) is 13.4. The normalized spacial score (nSPS) is 50.6. The van der Waals surface area contributed by atoms with Gasteiger partial charge in [-0.3, -0.25) is 4.99 Å². The molecule has 1 aliphatic heterocycles. The van der Waals surface area contributed by atoms with E-state index in [9.17, 15) is 5.11 Å². The fraction of sp³-hybridized carbons (Fsp3) is 0.941. The standard InChI is InChI=1S/C17H27ClN2O/c18-11-7-8-15-14(9-11)17(21,16(19)20-15)13-4-2-1-3-12(13)10-5-6-10/h10-15,21H,1-9H2,(H2,19,20). The van der Waals surface area contributed by atoms with Crippen molar-refractivity contribution in [2.45, 2.75) is 74.8 Å². The first kappa shape index (κ1) is 14.3. The van der Waals surface area contributed by atoms with Gasteiger partial charge in [0.05, 0.1) is 6.04 Å². The Morgan fingerprint density at radius 1 is 1.05 bits per heavy atom. The Bertz CT molecular complexity index is 450. The second-order valence-electron chi connectivity index (χ2n) is 7.82. The maximum absolute atomic E-state index is 11.6. The number of fused-ring (bicyclic) bond motifs is 1. The number of nitrogens with two attached hydrogens (primary N) is 1. The number of rotatable bonds is 2. The van der Waals surface area contributed by atoms with Gasteiger partial charge in [-0.25, -0.2) is 0 Å². The Kier molecular flexibility index (Phi) is 3.50. The monoisotopic (exact) mass is 310 g/mol. The molecule has 3 saturated carbocycles. The first-order valence-corrected chi connectivity index (χ1v) is 9.24. The minimum Gasteiger partial charge on any atom is -0.385 e. The number of aliphatic imine (C=N–C) groups is 1. The molecular formula is C17H27ClN2O. The lowest BCUT2D eigenvalue weighted by Crippen LogP contribution is -2.57. The molecule has 118 valence electrons. The molecule has 0 aromatic rings. The van der Waals surface area contributed by atoms with Crippen LogP contribution in [0.3, 0.4) is 0 Å². The molecule has 6 unspecified atom stereocenters. The topological polar surface area (TPSA) is 58.6 Å². The van der Waals surface area contributed by atoms with Gasteiger partial charge < -0.3 is 10.8 Å². The van der Waals surface area contributed by atoms with Gasteiger partial charge in [0.2, 0.25) is 0 Å². The molecule has 4 heteroatoms. The lowest BCUT2D eigenvalue weighted by Gasteiger charge is -2.46. The van der Waals surface area contributed by atoms with Crippen molar-refractivity contribution in [1.82, 2.24) is 0 Å². The third-order valence-corrected chi connectivity index (χ3v) is 7.04. The van der Waals surface area contributed by atoms with Gasteiger partial charge in [-0.05, 0) is 62.7 Å². The van der Waals surface area contributed by atoms with Crippen LogP contribution in [0.4, 0.5) is 0 Å². The van der Waals surface area contributed by atoms with Crippen LogP contribution in [-0.2, 0) is 0 Å². The van der Waals surface area contributed by atoms with Gasteiger partial charge in [-0.2, -0.15) is 0 Å². The second kappa shape index (κ2) is 5.13. The molecule has 6 atom stereocenters. The minimum atomic E-state index is -0.869. The molecule has 3 aliphatic carbocycles. The van der Waals surface area contributed by atoms with E-state index in [2.05, 4.69) is 4.99 Å². The first-order valence-electron chi connectivity index (χ1n) is 8.81. The lowest BCUT2D eigenvalue weighted by molar-refractivity contribution is -0.0558. The second-order valence-corrected chi connectivity index (χ2v) is 8.43. The molecule has 4 rings (SSSR count). The average Bonchev–Trinajstić information content (AvgIpc) is 3.29. The molecule has 0 aromatic carbocycles. The van der Waals surface area contributed by atoms with Gasteiger partial charge >= 0.3 is 0 Å². The largest absolute Gasteiger partial charge is 0.385 e. The molecule has 3 nitrogen and oxygen atoms in total. The molecule has 0 aromatic heterocycles. The Balaban J connectivity index is 1.65. The van der Waals surface area contributed by atoms with E-state index in [-0.39, 0.29) is 17.3 Å². The van der Waals surface area contributed by atoms with Crippen LogP contribution in [0.2, 0.25) is 0 Å². The predicted octanol–water partition coefficient (Wildman–Crippen LogP) is 3.08. The fourth-order valence-electron chi connectivity index (χ4n) is 5.46. The van der Waals surface area contributed by atoms with Crippen LogP contribution in [0.15, 0.2) is 4.99 Å². The molecule has 0 radical (unpaired) electrons. The third kappa shape index (κ3) is 2.23. The quantitative estimate of drug-likeness (QED) is 0.770. The summed E-state index contributed by atoms with van der Waals surface area (Å²) in [4.78, 5) is 4.67. The number of hydrogen-bond acceptors (Lipinski definition) is 3. The molecule has 3 fully saturated rings. The number of aliphatic hydroxyl groups is 1. The molecule has 21 heavy (non-hydrogen) atoms. The summed E-state index contributed by atoms with van der Waals surface area (Å²) in [5, 5.41) is 11.8. The zero-order chi connectivity index (χ0) is 14.6. The summed E-state index contributed by atoms with van der Waals surface area (Å²) >= 11 is 6.41. The lowest BCUT2D eigenvalue weighted by atomic mass is 9.61. The van der Waals surface area contributed by atoms with E-state index < -0.39 is 5.60 Å². The highest BCUT2D eigenvalue weighted by atomic mass is 35.5. The van der Waals surface area contributed by atoms with Gasteiger partial charge in [0.15, 0.2) is 0 Å². The SMILES string of the molecule is NC1=NC2CCC(Cl)CC2C1(O)C1CCCCC1C1CC1. The Morgan fingerprint density at radius 2 is 1.81 bits per heavy atom. The summed E-state index contributed by atoms with van der Waals surface area (Å²) < 4.78 is 0. The van der Waals surface area contributed by atoms with E-state index >= 15 is 0 Å². The highest BCUT2D eigenvalue weighted by molar-refractivity contribution is 6.20. The van der Waals surface area contributed by atoms with Crippen LogP contribution < -0.4 is 5.73 Å². The summed E-state index contributed by atoms with van der Waals surface area (Å²) in [5.74, 6) is 2.51. The van der Waals surface area contributed by atoms with Crippen LogP contribution in [0.1, 0.15) is 57.8 Å². The molecular weight excluding hydrogens is 284 g/mol. The Labute approximate surface area is 132 Å². The fourth-order valence-corrected chi connectivity index (χ4v) is 5.78. The van der Waals surface area contributed by atoms with Crippen molar-refractivity contribution in [3.05, 3.63) is 0 Å². The number of alkyl halides is 1. The summed E-state index contributed by atoms with van der Waals surface area (Å²) in [6.45, 7) is 0. The maximum Gasteiger partial charge on any atom is 0.129 e. The van der Waals surface area contributed by atoms with E-state index in [0.29, 0.717) is 17.7 Å². The van der Waals surface area contributed by atoms with Crippen molar-refractivity contribution in [3.8, 4) is 0 Å². The summed E-state index contributed by atoms with van der Waals surface area (Å²) in [5.41, 5.74) is 5.42. The molecule has 3 N–H and O–H groups in total. The molecule has 0 spiro atoms. The molecule has 1 heterocycles. The van der Waals surface area contributed by atoms with Crippen LogP contribution in [0.5, 0.6) is 0 Å². The van der Waals surface area contributed by atoms with E-state index in [1.807, 2.05) is 0 Å². The van der Waals surface area contributed by atoms with Gasteiger partial charge in [-0.15, -0.1) is 11.6 Å². The van der Waals surface area contributed by atoms with E-state index in [4.69, 9.17) is 17.3 Å². The summed E-state index contributed by atoms with van der Waals surface area (Å²) in [7, 11) is 0. The highest BCUT2D eigenvalue weighted by Crippen LogP contribution is 2.55. The zero-order valence-electron chi connectivity index (χ0n) is 12.7. The molecule has 0 bridgehead atoms. The number of amidine groups is 1. The van der Waals surface area contributed by atoms with Gasteiger partial charge in [0.1, 0.15) is 11.4 Å². The number of hydrogen-bond donors (Lipinski definition) is 2. The van der Waals surface area contributed by atoms with Crippen molar-refractivity contribution in [1.29, 1.82) is 0 Å². The maximum atomic E-state index is 11.6. The van der Waals surface area contributed by atoms with Gasteiger partial charge in [0.25, 0.3) is 0 Å². The average molecular weight is 311 g/mol. The molecule has 0 saturated heterocycles. The Morgan fingerprint density at radius 3 is 2.57 bits per heavy atom.